The number of halogens is 1. The van der Waals surface area contributed by atoms with Crippen LogP contribution in [0.25, 0.3) is 0 Å². The van der Waals surface area contributed by atoms with Crippen LogP contribution in [0.1, 0.15) is 44.9 Å². The van der Waals surface area contributed by atoms with Crippen LogP contribution in [0, 0.1) is 15.5 Å². The van der Waals surface area contributed by atoms with Gasteiger partial charge in [0.2, 0.25) is 11.0 Å². The molecule has 0 unspecified atom stereocenters. The first kappa shape index (κ1) is 14.5. The summed E-state index contributed by atoms with van der Waals surface area (Å²) in [5.74, 6) is 0.366. The van der Waals surface area contributed by atoms with Crippen LogP contribution in [0.3, 0.4) is 0 Å². The van der Waals surface area contributed by atoms with Gasteiger partial charge in [0.05, 0.1) is 4.92 Å². The highest BCUT2D eigenvalue weighted by atomic mass is 35.5. The molecule has 2 aliphatic rings. The summed E-state index contributed by atoms with van der Waals surface area (Å²) in [7, 11) is 0. The van der Waals surface area contributed by atoms with Crippen molar-refractivity contribution in [2.45, 2.75) is 44.9 Å². The van der Waals surface area contributed by atoms with E-state index in [1.807, 2.05) is 4.90 Å². The smallest absolute Gasteiger partial charge is 0.348 e. The summed E-state index contributed by atoms with van der Waals surface area (Å²) in [5.41, 5.74) is 0.291. The average Bonchev–Trinajstić information content (AvgIpc) is 2.48. The Morgan fingerprint density at radius 3 is 2.43 bits per heavy atom. The summed E-state index contributed by atoms with van der Waals surface area (Å²) in [6.45, 7) is 1.63. The number of anilines is 1. The van der Waals surface area contributed by atoms with Crippen molar-refractivity contribution < 1.29 is 4.92 Å². The molecule has 0 atom stereocenters. The molecule has 114 valence electrons. The van der Waals surface area contributed by atoms with Crippen LogP contribution in [0.4, 0.5) is 11.5 Å². The van der Waals surface area contributed by atoms with Crippen molar-refractivity contribution in [1.82, 2.24) is 9.97 Å². The van der Waals surface area contributed by atoms with E-state index < -0.39 is 4.92 Å². The highest BCUT2D eigenvalue weighted by Gasteiger charge is 2.37. The Hall–Kier alpha value is -1.43. The monoisotopic (exact) mass is 310 g/mol. The average molecular weight is 311 g/mol. The standard InChI is InChI=1S/C14H19ClN4O2/c15-12-11(19(20)21)13(17-10-16-12)18-8-6-14(7-9-18)4-2-1-3-5-14/h10H,1-9H2. The van der Waals surface area contributed by atoms with Gasteiger partial charge in [0, 0.05) is 13.1 Å². The molecule has 1 aromatic heterocycles. The lowest BCUT2D eigenvalue weighted by Crippen LogP contribution is -2.41. The molecular formula is C14H19ClN4O2. The number of aromatic nitrogens is 2. The van der Waals surface area contributed by atoms with Crippen molar-refractivity contribution in [1.29, 1.82) is 0 Å². The molecule has 0 bridgehead atoms. The SMILES string of the molecule is O=[N+]([O-])c1c(Cl)ncnc1N1CCC2(CCCCC2)CC1. The Kier molecular flexibility index (Phi) is 3.97. The van der Waals surface area contributed by atoms with Crippen molar-refractivity contribution in [3.8, 4) is 0 Å². The van der Waals surface area contributed by atoms with E-state index in [1.165, 1.54) is 38.4 Å². The maximum atomic E-state index is 11.2. The van der Waals surface area contributed by atoms with Gasteiger partial charge < -0.3 is 4.90 Å². The zero-order valence-electron chi connectivity index (χ0n) is 11.9. The molecule has 0 radical (unpaired) electrons. The minimum absolute atomic E-state index is 0.0806. The third kappa shape index (κ3) is 2.81. The van der Waals surface area contributed by atoms with Gasteiger partial charge in [-0.25, -0.2) is 9.97 Å². The molecule has 3 rings (SSSR count). The third-order valence-electron chi connectivity index (χ3n) is 4.98. The molecule has 1 saturated heterocycles. The second kappa shape index (κ2) is 5.75. The van der Waals surface area contributed by atoms with Crippen LogP contribution in [0.15, 0.2) is 6.33 Å². The quantitative estimate of drug-likeness (QED) is 0.474. The second-order valence-corrected chi connectivity index (χ2v) is 6.50. The van der Waals surface area contributed by atoms with E-state index in [-0.39, 0.29) is 10.8 Å². The van der Waals surface area contributed by atoms with Crippen LogP contribution < -0.4 is 4.90 Å². The summed E-state index contributed by atoms with van der Waals surface area (Å²) in [6, 6.07) is 0. The molecule has 1 aliphatic heterocycles. The molecule has 0 amide bonds. The normalized spacial score (nSPS) is 21.5. The minimum Gasteiger partial charge on any atom is -0.351 e. The van der Waals surface area contributed by atoms with E-state index in [0.29, 0.717) is 11.2 Å². The Balaban J connectivity index is 1.78. The number of rotatable bonds is 2. The predicted molar refractivity (Wildman–Crippen MR) is 80.7 cm³/mol. The molecular weight excluding hydrogens is 292 g/mol. The molecule has 21 heavy (non-hydrogen) atoms. The van der Waals surface area contributed by atoms with Crippen molar-refractivity contribution in [3.63, 3.8) is 0 Å². The topological polar surface area (TPSA) is 72.2 Å². The van der Waals surface area contributed by atoms with Gasteiger partial charge >= 0.3 is 5.69 Å². The van der Waals surface area contributed by atoms with Crippen LogP contribution in [-0.2, 0) is 0 Å². The molecule has 0 N–H and O–H groups in total. The van der Waals surface area contributed by atoms with Gasteiger partial charge in [0.25, 0.3) is 0 Å². The molecule has 2 fully saturated rings. The Morgan fingerprint density at radius 1 is 1.14 bits per heavy atom. The van der Waals surface area contributed by atoms with Crippen LogP contribution in [0.5, 0.6) is 0 Å². The minimum atomic E-state index is -0.483. The van der Waals surface area contributed by atoms with Crippen molar-refractivity contribution >= 4 is 23.1 Å². The lowest BCUT2D eigenvalue weighted by atomic mass is 9.68. The first-order chi connectivity index (χ1) is 10.1. The van der Waals surface area contributed by atoms with Crippen molar-refractivity contribution in [2.24, 2.45) is 5.41 Å². The summed E-state index contributed by atoms with van der Waals surface area (Å²) >= 11 is 5.87. The van der Waals surface area contributed by atoms with Crippen LogP contribution >= 0.6 is 11.6 Å². The Morgan fingerprint density at radius 2 is 1.81 bits per heavy atom. The van der Waals surface area contributed by atoms with Crippen LogP contribution in [-0.4, -0.2) is 28.0 Å². The van der Waals surface area contributed by atoms with Crippen molar-refractivity contribution in [3.05, 3.63) is 21.6 Å². The number of nitrogens with zero attached hydrogens (tertiary/aromatic N) is 4. The first-order valence-electron chi connectivity index (χ1n) is 7.51. The fraction of sp³-hybridized carbons (Fsp3) is 0.714. The summed E-state index contributed by atoms with van der Waals surface area (Å²) in [6.07, 6.45) is 10.1. The summed E-state index contributed by atoms with van der Waals surface area (Å²) in [4.78, 5) is 20.5. The third-order valence-corrected chi connectivity index (χ3v) is 5.26. The molecule has 0 aromatic carbocycles. The predicted octanol–water partition coefficient (Wildman–Crippen LogP) is 3.59. The highest BCUT2D eigenvalue weighted by Crippen LogP contribution is 2.45. The lowest BCUT2D eigenvalue weighted by Gasteiger charge is -2.44. The van der Waals surface area contributed by atoms with E-state index in [0.717, 1.165) is 25.9 Å². The number of hydrogen-bond acceptors (Lipinski definition) is 5. The number of piperidine rings is 1. The molecule has 1 saturated carbocycles. The summed E-state index contributed by atoms with van der Waals surface area (Å²) < 4.78 is 0. The Bertz CT molecular complexity index is 536. The zero-order valence-corrected chi connectivity index (χ0v) is 12.7. The van der Waals surface area contributed by atoms with Gasteiger partial charge in [0.15, 0.2) is 0 Å². The van der Waals surface area contributed by atoms with Gasteiger partial charge in [-0.15, -0.1) is 0 Å². The molecule has 1 aromatic rings. The second-order valence-electron chi connectivity index (χ2n) is 6.14. The number of hydrogen-bond donors (Lipinski definition) is 0. The largest absolute Gasteiger partial charge is 0.351 e. The lowest BCUT2D eigenvalue weighted by molar-refractivity contribution is -0.384. The molecule has 7 heteroatoms. The first-order valence-corrected chi connectivity index (χ1v) is 7.89. The van der Waals surface area contributed by atoms with E-state index in [4.69, 9.17) is 11.6 Å². The summed E-state index contributed by atoms with van der Waals surface area (Å²) in [5, 5.41) is 11.1. The van der Waals surface area contributed by atoms with Gasteiger partial charge in [-0.3, -0.25) is 10.1 Å². The molecule has 1 aliphatic carbocycles. The van der Waals surface area contributed by atoms with Gasteiger partial charge in [-0.2, -0.15) is 0 Å². The molecule has 2 heterocycles. The zero-order chi connectivity index (χ0) is 14.9. The van der Waals surface area contributed by atoms with E-state index in [1.54, 1.807) is 0 Å². The number of nitro groups is 1. The fourth-order valence-electron chi connectivity index (χ4n) is 3.73. The molecule has 6 nitrogen and oxygen atoms in total. The van der Waals surface area contributed by atoms with E-state index >= 15 is 0 Å². The fourth-order valence-corrected chi connectivity index (χ4v) is 3.93. The van der Waals surface area contributed by atoms with Gasteiger partial charge in [-0.1, -0.05) is 30.9 Å². The Labute approximate surface area is 128 Å². The van der Waals surface area contributed by atoms with E-state index in [9.17, 15) is 10.1 Å². The molecule has 1 spiro atoms. The van der Waals surface area contributed by atoms with Gasteiger partial charge in [-0.05, 0) is 31.1 Å². The maximum Gasteiger partial charge on any atom is 0.348 e. The maximum absolute atomic E-state index is 11.2. The van der Waals surface area contributed by atoms with Crippen molar-refractivity contribution in [2.75, 3.05) is 18.0 Å². The van der Waals surface area contributed by atoms with Gasteiger partial charge in [0.1, 0.15) is 6.33 Å². The highest BCUT2D eigenvalue weighted by molar-refractivity contribution is 6.31. The van der Waals surface area contributed by atoms with E-state index in [2.05, 4.69) is 9.97 Å². The van der Waals surface area contributed by atoms with Crippen LogP contribution in [0.2, 0.25) is 5.15 Å².